The molecule has 1 aliphatic rings. The van der Waals surface area contributed by atoms with Crippen LogP contribution in [0.3, 0.4) is 0 Å². The number of phenols is 1. The number of amides is 1. The third kappa shape index (κ3) is 4.70. The van der Waals surface area contributed by atoms with Gasteiger partial charge in [-0.1, -0.05) is 29.3 Å². The zero-order valence-electron chi connectivity index (χ0n) is 14.4. The SMILES string of the molecule is COc1cc(/C=N/NC(=O)C2CC(c3ccc(Cl)c(Cl)c3)NN2)ccc1O. The van der Waals surface area contributed by atoms with Crippen LogP contribution >= 0.6 is 23.2 Å². The summed E-state index contributed by atoms with van der Waals surface area (Å²) in [4.78, 5) is 12.3. The van der Waals surface area contributed by atoms with E-state index in [0.29, 0.717) is 27.8 Å². The van der Waals surface area contributed by atoms with E-state index >= 15 is 0 Å². The molecule has 142 valence electrons. The normalized spacial score (nSPS) is 19.4. The molecule has 1 amide bonds. The Morgan fingerprint density at radius 2 is 2.07 bits per heavy atom. The smallest absolute Gasteiger partial charge is 0.258 e. The molecule has 1 fully saturated rings. The Morgan fingerprint density at radius 3 is 2.81 bits per heavy atom. The number of benzene rings is 2. The highest BCUT2D eigenvalue weighted by Gasteiger charge is 2.30. The number of hydrogen-bond acceptors (Lipinski definition) is 6. The van der Waals surface area contributed by atoms with Crippen LogP contribution in [-0.4, -0.2) is 30.4 Å². The fourth-order valence-corrected chi connectivity index (χ4v) is 3.01. The van der Waals surface area contributed by atoms with Crippen LogP contribution in [0.25, 0.3) is 0 Å². The van der Waals surface area contributed by atoms with Gasteiger partial charge in [-0.2, -0.15) is 5.10 Å². The Labute approximate surface area is 166 Å². The maximum atomic E-state index is 12.3. The van der Waals surface area contributed by atoms with Gasteiger partial charge in [-0.15, -0.1) is 0 Å². The summed E-state index contributed by atoms with van der Waals surface area (Å²) in [5, 5.41) is 14.5. The molecule has 4 N–H and O–H groups in total. The first-order chi connectivity index (χ1) is 13.0. The maximum Gasteiger partial charge on any atom is 0.258 e. The van der Waals surface area contributed by atoms with Gasteiger partial charge in [0.1, 0.15) is 6.04 Å². The number of halogens is 2. The van der Waals surface area contributed by atoms with Gasteiger partial charge < -0.3 is 9.84 Å². The number of carbonyl (C=O) groups is 1. The van der Waals surface area contributed by atoms with Gasteiger partial charge in [0.15, 0.2) is 11.5 Å². The van der Waals surface area contributed by atoms with Gasteiger partial charge in [-0.25, -0.2) is 16.3 Å². The van der Waals surface area contributed by atoms with Gasteiger partial charge in [-0.3, -0.25) is 4.79 Å². The second-order valence-corrected chi connectivity index (χ2v) is 6.78. The Bertz CT molecular complexity index is 876. The third-order valence-corrected chi connectivity index (χ3v) is 4.90. The van der Waals surface area contributed by atoms with Crippen molar-refractivity contribution in [2.45, 2.75) is 18.5 Å². The molecular formula is C18H18Cl2N4O3. The summed E-state index contributed by atoms with van der Waals surface area (Å²) in [6.07, 6.45) is 2.00. The zero-order chi connectivity index (χ0) is 19.4. The summed E-state index contributed by atoms with van der Waals surface area (Å²) in [7, 11) is 1.46. The summed E-state index contributed by atoms with van der Waals surface area (Å²) >= 11 is 12.0. The fourth-order valence-electron chi connectivity index (χ4n) is 2.70. The molecule has 0 spiro atoms. The molecular weight excluding hydrogens is 391 g/mol. The standard InChI is InChI=1S/C18H18Cl2N4O3/c1-27-17-6-10(2-5-16(17)25)9-21-24-18(26)15-8-14(22-23-15)11-3-4-12(19)13(20)7-11/h2-7,9,14-15,22-23,25H,8H2,1H3,(H,24,26)/b21-9+. The van der Waals surface area contributed by atoms with Crippen molar-refractivity contribution >= 4 is 35.3 Å². The molecule has 9 heteroatoms. The van der Waals surface area contributed by atoms with Crippen LogP contribution < -0.4 is 21.0 Å². The number of carbonyl (C=O) groups excluding carboxylic acids is 1. The predicted octanol–water partition coefficient (Wildman–Crippen LogP) is 2.77. The van der Waals surface area contributed by atoms with E-state index in [1.54, 1.807) is 24.3 Å². The van der Waals surface area contributed by atoms with Crippen LogP contribution in [0.5, 0.6) is 11.5 Å². The average Bonchev–Trinajstić information content (AvgIpc) is 3.15. The molecule has 1 aliphatic heterocycles. The molecule has 0 radical (unpaired) electrons. The van der Waals surface area contributed by atoms with Crippen molar-refractivity contribution in [2.75, 3.05) is 7.11 Å². The monoisotopic (exact) mass is 408 g/mol. The van der Waals surface area contributed by atoms with Crippen molar-refractivity contribution in [1.82, 2.24) is 16.3 Å². The van der Waals surface area contributed by atoms with E-state index in [1.165, 1.54) is 19.4 Å². The molecule has 0 aliphatic carbocycles. The number of methoxy groups -OCH3 is 1. The van der Waals surface area contributed by atoms with Crippen LogP contribution in [0.1, 0.15) is 23.6 Å². The van der Waals surface area contributed by atoms with E-state index in [0.717, 1.165) is 5.56 Å². The van der Waals surface area contributed by atoms with Crippen LogP contribution in [0.15, 0.2) is 41.5 Å². The van der Waals surface area contributed by atoms with Crippen LogP contribution in [0.4, 0.5) is 0 Å². The van der Waals surface area contributed by atoms with Gasteiger partial charge >= 0.3 is 0 Å². The minimum Gasteiger partial charge on any atom is -0.504 e. The molecule has 2 aromatic carbocycles. The van der Waals surface area contributed by atoms with Crippen LogP contribution in [-0.2, 0) is 4.79 Å². The second-order valence-electron chi connectivity index (χ2n) is 5.97. The second kappa shape index (κ2) is 8.58. The third-order valence-electron chi connectivity index (χ3n) is 4.16. The van der Waals surface area contributed by atoms with Crippen molar-refractivity contribution in [3.05, 3.63) is 57.6 Å². The summed E-state index contributed by atoms with van der Waals surface area (Å²) in [6.45, 7) is 0. The van der Waals surface area contributed by atoms with Gasteiger partial charge in [-0.05, 0) is 47.9 Å². The highest BCUT2D eigenvalue weighted by atomic mass is 35.5. The van der Waals surface area contributed by atoms with E-state index in [-0.39, 0.29) is 17.7 Å². The zero-order valence-corrected chi connectivity index (χ0v) is 15.9. The number of hydrazone groups is 1. The predicted molar refractivity (Wildman–Crippen MR) is 104 cm³/mol. The lowest BCUT2D eigenvalue weighted by Crippen LogP contribution is -2.41. The molecule has 2 atom stereocenters. The quantitative estimate of drug-likeness (QED) is 0.450. The van der Waals surface area contributed by atoms with Crippen LogP contribution in [0.2, 0.25) is 10.0 Å². The maximum absolute atomic E-state index is 12.3. The Balaban J connectivity index is 1.56. The molecule has 2 unspecified atom stereocenters. The van der Waals surface area contributed by atoms with Gasteiger partial charge in [0.05, 0.1) is 23.4 Å². The van der Waals surface area contributed by atoms with Gasteiger partial charge in [0, 0.05) is 6.04 Å². The van der Waals surface area contributed by atoms with E-state index in [2.05, 4.69) is 21.4 Å². The molecule has 2 aromatic rings. The first kappa shape index (κ1) is 19.4. The number of aromatic hydroxyl groups is 1. The van der Waals surface area contributed by atoms with Crippen molar-refractivity contribution in [2.24, 2.45) is 5.10 Å². The molecule has 0 bridgehead atoms. The van der Waals surface area contributed by atoms with Crippen molar-refractivity contribution in [3.8, 4) is 11.5 Å². The number of hydrazine groups is 1. The topological polar surface area (TPSA) is 95.0 Å². The minimum absolute atomic E-state index is 0.0354. The molecule has 1 heterocycles. The van der Waals surface area contributed by atoms with Gasteiger partial charge in [0.2, 0.25) is 0 Å². The average molecular weight is 409 g/mol. The molecule has 3 rings (SSSR count). The molecule has 1 saturated heterocycles. The number of rotatable bonds is 5. The largest absolute Gasteiger partial charge is 0.504 e. The molecule has 7 nitrogen and oxygen atoms in total. The van der Waals surface area contributed by atoms with Crippen molar-refractivity contribution in [3.63, 3.8) is 0 Å². The molecule has 0 aromatic heterocycles. The molecule has 0 saturated carbocycles. The number of hydrogen-bond donors (Lipinski definition) is 4. The Hall–Kier alpha value is -2.32. The summed E-state index contributed by atoms with van der Waals surface area (Å²) in [5.41, 5.74) is 10.1. The first-order valence-electron chi connectivity index (χ1n) is 8.14. The van der Waals surface area contributed by atoms with E-state index < -0.39 is 6.04 Å². The van der Waals surface area contributed by atoms with E-state index in [1.807, 2.05) is 6.07 Å². The fraction of sp³-hybridized carbons (Fsp3) is 0.222. The number of ether oxygens (including phenoxy) is 1. The summed E-state index contributed by atoms with van der Waals surface area (Å²) < 4.78 is 5.03. The van der Waals surface area contributed by atoms with E-state index in [9.17, 15) is 9.90 Å². The Kier molecular flexibility index (Phi) is 6.18. The lowest BCUT2D eigenvalue weighted by atomic mass is 10.0. The van der Waals surface area contributed by atoms with Crippen molar-refractivity contribution < 1.29 is 14.6 Å². The lowest BCUT2D eigenvalue weighted by molar-refractivity contribution is -0.122. The Morgan fingerprint density at radius 1 is 1.26 bits per heavy atom. The summed E-state index contributed by atoms with van der Waals surface area (Å²) in [6, 6.07) is 9.61. The number of phenolic OH excluding ortho intramolecular Hbond substituents is 1. The van der Waals surface area contributed by atoms with Crippen LogP contribution in [0, 0.1) is 0 Å². The van der Waals surface area contributed by atoms with Gasteiger partial charge in [0.25, 0.3) is 5.91 Å². The molecule has 27 heavy (non-hydrogen) atoms. The number of nitrogens with zero attached hydrogens (tertiary/aromatic N) is 1. The highest BCUT2D eigenvalue weighted by Crippen LogP contribution is 2.29. The number of nitrogens with one attached hydrogen (secondary N) is 3. The first-order valence-corrected chi connectivity index (χ1v) is 8.89. The lowest BCUT2D eigenvalue weighted by Gasteiger charge is -2.10. The summed E-state index contributed by atoms with van der Waals surface area (Å²) in [5.74, 6) is 0.0942. The minimum atomic E-state index is -0.448. The van der Waals surface area contributed by atoms with E-state index in [4.69, 9.17) is 27.9 Å². The van der Waals surface area contributed by atoms with Crippen molar-refractivity contribution in [1.29, 1.82) is 0 Å². The highest BCUT2D eigenvalue weighted by molar-refractivity contribution is 6.42.